The lowest BCUT2D eigenvalue weighted by Crippen LogP contribution is -2.36. The lowest BCUT2D eigenvalue weighted by Gasteiger charge is -2.15. The first-order valence-electron chi connectivity index (χ1n) is 8.41. The maximum Gasteiger partial charge on any atom is 0.191 e. The van der Waals surface area contributed by atoms with E-state index < -0.39 is 0 Å². The number of thiophene rings is 1. The summed E-state index contributed by atoms with van der Waals surface area (Å²) in [6.45, 7) is 4.85. The van der Waals surface area contributed by atoms with Crippen molar-refractivity contribution < 1.29 is 9.47 Å². The van der Waals surface area contributed by atoms with Gasteiger partial charge in [0, 0.05) is 44.2 Å². The molecule has 0 radical (unpaired) electrons. The predicted octanol–water partition coefficient (Wildman–Crippen LogP) is 3.96. The van der Waals surface area contributed by atoms with Crippen LogP contribution in [-0.4, -0.2) is 33.3 Å². The van der Waals surface area contributed by atoms with E-state index in [1.807, 2.05) is 0 Å². The molecule has 0 amide bonds. The van der Waals surface area contributed by atoms with Crippen LogP contribution in [0, 0.1) is 6.92 Å². The molecule has 0 saturated heterocycles. The second-order valence-electron chi connectivity index (χ2n) is 5.66. The predicted molar refractivity (Wildman–Crippen MR) is 120 cm³/mol. The number of benzene rings is 1. The maximum absolute atomic E-state index is 5.93. The van der Waals surface area contributed by atoms with Gasteiger partial charge in [-0.05, 0) is 30.0 Å². The van der Waals surface area contributed by atoms with Crippen LogP contribution in [0.2, 0.25) is 0 Å². The van der Waals surface area contributed by atoms with Crippen LogP contribution >= 0.6 is 35.3 Å². The van der Waals surface area contributed by atoms with Crippen LogP contribution in [0.15, 0.2) is 40.7 Å². The second kappa shape index (κ2) is 12.9. The van der Waals surface area contributed by atoms with E-state index in [1.165, 1.54) is 10.4 Å². The molecule has 2 aromatic rings. The van der Waals surface area contributed by atoms with E-state index in [4.69, 9.17) is 9.47 Å². The summed E-state index contributed by atoms with van der Waals surface area (Å²) in [7, 11) is 3.48. The Morgan fingerprint density at radius 3 is 2.65 bits per heavy atom. The molecule has 0 fully saturated rings. The molecule has 0 spiro atoms. The van der Waals surface area contributed by atoms with Crippen molar-refractivity contribution in [2.45, 2.75) is 26.4 Å². The minimum Gasteiger partial charge on any atom is -0.493 e. The summed E-state index contributed by atoms with van der Waals surface area (Å²) in [5.41, 5.74) is 2.30. The van der Waals surface area contributed by atoms with Gasteiger partial charge in [-0.2, -0.15) is 0 Å². The van der Waals surface area contributed by atoms with Crippen molar-refractivity contribution in [3.8, 4) is 5.75 Å². The van der Waals surface area contributed by atoms with E-state index in [9.17, 15) is 0 Å². The number of aryl methyl sites for hydroxylation is 1. The minimum absolute atomic E-state index is 0. The Bertz CT molecular complexity index is 663. The summed E-state index contributed by atoms with van der Waals surface area (Å²) < 4.78 is 11.0. The van der Waals surface area contributed by atoms with E-state index in [2.05, 4.69) is 58.3 Å². The average Bonchev–Trinajstić information content (AvgIpc) is 3.14. The Labute approximate surface area is 177 Å². The summed E-state index contributed by atoms with van der Waals surface area (Å²) in [5, 5.41) is 8.75. The summed E-state index contributed by atoms with van der Waals surface area (Å²) >= 11 is 1.73. The second-order valence-corrected chi connectivity index (χ2v) is 6.70. The molecule has 144 valence electrons. The van der Waals surface area contributed by atoms with Gasteiger partial charge in [0.05, 0.1) is 13.2 Å². The smallest absolute Gasteiger partial charge is 0.191 e. The fourth-order valence-electron chi connectivity index (χ4n) is 2.31. The third-order valence-electron chi connectivity index (χ3n) is 3.65. The quantitative estimate of drug-likeness (QED) is 0.243. The standard InChI is InChI=1S/C19H27N3O2S.HI/c1-15-7-8-16(18(12-15)24-10-5-9-23-3)13-21-19(20-2)22-14-17-6-4-11-25-17;/h4,6-8,11-12H,5,9-10,13-14H2,1-3H3,(H2,20,21,22);1H. The zero-order valence-corrected chi connectivity index (χ0v) is 18.7. The summed E-state index contributed by atoms with van der Waals surface area (Å²) in [5.74, 6) is 1.69. The molecule has 0 aliphatic heterocycles. The topological polar surface area (TPSA) is 54.9 Å². The summed E-state index contributed by atoms with van der Waals surface area (Å²) in [6.07, 6.45) is 0.876. The van der Waals surface area contributed by atoms with Gasteiger partial charge in [-0.3, -0.25) is 4.99 Å². The van der Waals surface area contributed by atoms with Crippen molar-refractivity contribution in [2.75, 3.05) is 27.4 Å². The lowest BCUT2D eigenvalue weighted by molar-refractivity contribution is 0.172. The molecule has 0 aliphatic rings. The molecular formula is C19H28IN3O2S. The molecule has 0 saturated carbocycles. The molecule has 2 N–H and O–H groups in total. The van der Waals surface area contributed by atoms with Crippen molar-refractivity contribution in [3.05, 3.63) is 51.7 Å². The Morgan fingerprint density at radius 2 is 1.96 bits per heavy atom. The van der Waals surface area contributed by atoms with Gasteiger partial charge in [-0.1, -0.05) is 18.2 Å². The zero-order chi connectivity index (χ0) is 17.9. The number of ether oxygens (including phenoxy) is 2. The van der Waals surface area contributed by atoms with E-state index in [0.29, 0.717) is 19.8 Å². The number of halogens is 1. The van der Waals surface area contributed by atoms with E-state index in [1.54, 1.807) is 25.5 Å². The van der Waals surface area contributed by atoms with Crippen molar-refractivity contribution in [1.29, 1.82) is 0 Å². The molecule has 1 aromatic carbocycles. The molecule has 0 unspecified atom stereocenters. The molecule has 26 heavy (non-hydrogen) atoms. The Kier molecular flexibility index (Phi) is 11.3. The van der Waals surface area contributed by atoms with Crippen LogP contribution in [0.5, 0.6) is 5.75 Å². The molecule has 1 heterocycles. The number of nitrogens with one attached hydrogen (secondary N) is 2. The van der Waals surface area contributed by atoms with Crippen LogP contribution in [0.25, 0.3) is 0 Å². The Morgan fingerprint density at radius 1 is 1.15 bits per heavy atom. The number of hydrogen-bond donors (Lipinski definition) is 2. The van der Waals surface area contributed by atoms with Crippen molar-refractivity contribution in [1.82, 2.24) is 10.6 Å². The van der Waals surface area contributed by atoms with Crippen LogP contribution in [0.4, 0.5) is 0 Å². The monoisotopic (exact) mass is 489 g/mol. The highest BCUT2D eigenvalue weighted by atomic mass is 127. The van der Waals surface area contributed by atoms with Gasteiger partial charge >= 0.3 is 0 Å². The van der Waals surface area contributed by atoms with Gasteiger partial charge in [0.25, 0.3) is 0 Å². The molecule has 0 aliphatic carbocycles. The molecule has 0 bridgehead atoms. The Hall–Kier alpha value is -1.32. The van der Waals surface area contributed by atoms with Gasteiger partial charge in [0.2, 0.25) is 0 Å². The van der Waals surface area contributed by atoms with Gasteiger partial charge in [-0.25, -0.2) is 0 Å². The fraction of sp³-hybridized carbons (Fsp3) is 0.421. The minimum atomic E-state index is 0. The molecule has 7 heteroatoms. The largest absolute Gasteiger partial charge is 0.493 e. The first-order valence-corrected chi connectivity index (χ1v) is 9.29. The zero-order valence-electron chi connectivity index (χ0n) is 15.6. The van der Waals surface area contributed by atoms with E-state index in [0.717, 1.165) is 30.2 Å². The number of rotatable bonds is 9. The number of aliphatic imine (C=N–C) groups is 1. The van der Waals surface area contributed by atoms with Gasteiger partial charge in [0.1, 0.15) is 5.75 Å². The molecule has 1 aromatic heterocycles. The first kappa shape index (κ1) is 22.7. The van der Waals surface area contributed by atoms with Crippen LogP contribution in [0.3, 0.4) is 0 Å². The summed E-state index contributed by atoms with van der Waals surface area (Å²) in [4.78, 5) is 5.56. The molecular weight excluding hydrogens is 461 g/mol. The normalized spacial score (nSPS) is 11.0. The number of guanidine groups is 1. The van der Waals surface area contributed by atoms with Gasteiger partial charge in [-0.15, -0.1) is 35.3 Å². The van der Waals surface area contributed by atoms with Crippen molar-refractivity contribution in [3.63, 3.8) is 0 Å². The number of methoxy groups -OCH3 is 1. The highest BCUT2D eigenvalue weighted by molar-refractivity contribution is 14.0. The van der Waals surface area contributed by atoms with Crippen molar-refractivity contribution in [2.24, 2.45) is 4.99 Å². The lowest BCUT2D eigenvalue weighted by atomic mass is 10.1. The molecule has 0 atom stereocenters. The summed E-state index contributed by atoms with van der Waals surface area (Å²) in [6, 6.07) is 10.4. The van der Waals surface area contributed by atoms with E-state index in [-0.39, 0.29) is 24.0 Å². The third-order valence-corrected chi connectivity index (χ3v) is 4.53. The number of nitrogens with zero attached hydrogens (tertiary/aromatic N) is 1. The van der Waals surface area contributed by atoms with E-state index >= 15 is 0 Å². The maximum atomic E-state index is 5.93. The molecule has 2 rings (SSSR count). The van der Waals surface area contributed by atoms with Crippen LogP contribution < -0.4 is 15.4 Å². The SMILES string of the molecule is CN=C(NCc1cccs1)NCc1ccc(C)cc1OCCCOC.I. The molecule has 5 nitrogen and oxygen atoms in total. The van der Waals surface area contributed by atoms with Crippen LogP contribution in [0.1, 0.15) is 22.4 Å². The number of hydrogen-bond acceptors (Lipinski definition) is 4. The third kappa shape index (κ3) is 7.92. The highest BCUT2D eigenvalue weighted by Crippen LogP contribution is 2.20. The van der Waals surface area contributed by atoms with Crippen molar-refractivity contribution >= 4 is 41.3 Å². The highest BCUT2D eigenvalue weighted by Gasteiger charge is 2.06. The van der Waals surface area contributed by atoms with Gasteiger partial charge < -0.3 is 20.1 Å². The fourth-order valence-corrected chi connectivity index (χ4v) is 2.96. The van der Waals surface area contributed by atoms with Gasteiger partial charge in [0.15, 0.2) is 5.96 Å². The van der Waals surface area contributed by atoms with Crippen LogP contribution in [-0.2, 0) is 17.8 Å². The average molecular weight is 489 g/mol. The first-order chi connectivity index (χ1) is 12.2. The Balaban J connectivity index is 0.00000338.